The molecular formula is C10H7IN4O3S. The Bertz CT molecular complexity index is 658. The maximum Gasteiger partial charge on any atom is 0.270 e. The van der Waals surface area contributed by atoms with E-state index in [0.29, 0.717) is 14.5 Å². The summed E-state index contributed by atoms with van der Waals surface area (Å²) in [5.41, 5.74) is 0.113. The number of non-ortho nitro benzene ring substituents is 1. The Morgan fingerprint density at radius 2 is 2.26 bits per heavy atom. The molecule has 19 heavy (non-hydrogen) atoms. The molecule has 1 heterocycles. The number of amides is 1. The summed E-state index contributed by atoms with van der Waals surface area (Å²) in [6.45, 7) is 1.71. The second kappa shape index (κ2) is 5.57. The van der Waals surface area contributed by atoms with Gasteiger partial charge in [0.05, 0.1) is 10.5 Å². The number of carbonyl (C=O) groups excluding carboxylic acids is 1. The van der Waals surface area contributed by atoms with Gasteiger partial charge in [0.2, 0.25) is 5.13 Å². The molecule has 0 radical (unpaired) electrons. The molecule has 9 heteroatoms. The summed E-state index contributed by atoms with van der Waals surface area (Å²) < 4.78 is 4.56. The normalized spacial score (nSPS) is 10.2. The van der Waals surface area contributed by atoms with Crippen molar-refractivity contribution in [2.45, 2.75) is 6.92 Å². The van der Waals surface area contributed by atoms with Gasteiger partial charge in [0, 0.05) is 27.2 Å². The van der Waals surface area contributed by atoms with Crippen LogP contribution in [0.3, 0.4) is 0 Å². The van der Waals surface area contributed by atoms with Gasteiger partial charge in [0.25, 0.3) is 11.6 Å². The summed E-state index contributed by atoms with van der Waals surface area (Å²) in [5, 5.41) is 13.6. The Morgan fingerprint density at radius 1 is 1.53 bits per heavy atom. The molecule has 0 unspecified atom stereocenters. The highest BCUT2D eigenvalue weighted by Gasteiger charge is 2.16. The molecule has 0 atom stereocenters. The van der Waals surface area contributed by atoms with E-state index >= 15 is 0 Å². The maximum atomic E-state index is 12.0. The van der Waals surface area contributed by atoms with E-state index in [9.17, 15) is 14.9 Å². The average Bonchev–Trinajstić information content (AvgIpc) is 2.74. The quantitative estimate of drug-likeness (QED) is 0.494. The van der Waals surface area contributed by atoms with Crippen molar-refractivity contribution in [3.63, 3.8) is 0 Å². The van der Waals surface area contributed by atoms with Gasteiger partial charge in [0.15, 0.2) is 0 Å². The van der Waals surface area contributed by atoms with Crippen molar-refractivity contribution in [1.29, 1.82) is 0 Å². The van der Waals surface area contributed by atoms with Gasteiger partial charge in [0.1, 0.15) is 5.82 Å². The van der Waals surface area contributed by atoms with Gasteiger partial charge < -0.3 is 0 Å². The molecule has 0 fully saturated rings. The van der Waals surface area contributed by atoms with Crippen LogP contribution in [0.4, 0.5) is 10.8 Å². The first-order valence-corrected chi connectivity index (χ1v) is 6.88. The van der Waals surface area contributed by atoms with Gasteiger partial charge in [-0.2, -0.15) is 4.37 Å². The molecule has 0 bridgehead atoms. The number of nitro benzene ring substituents is 1. The summed E-state index contributed by atoms with van der Waals surface area (Å²) in [4.78, 5) is 26.2. The summed E-state index contributed by atoms with van der Waals surface area (Å²) in [6, 6.07) is 4.12. The Morgan fingerprint density at radius 3 is 2.84 bits per heavy atom. The van der Waals surface area contributed by atoms with Crippen LogP contribution in [0, 0.1) is 20.6 Å². The predicted octanol–water partition coefficient (Wildman–Crippen LogP) is 2.61. The van der Waals surface area contributed by atoms with Gasteiger partial charge in [-0.3, -0.25) is 20.2 Å². The lowest BCUT2D eigenvalue weighted by Crippen LogP contribution is -2.13. The van der Waals surface area contributed by atoms with Crippen molar-refractivity contribution in [3.8, 4) is 0 Å². The smallest absolute Gasteiger partial charge is 0.270 e. The number of benzene rings is 1. The zero-order valence-electron chi connectivity index (χ0n) is 9.58. The van der Waals surface area contributed by atoms with E-state index in [1.54, 1.807) is 6.92 Å². The third-order valence-corrected chi connectivity index (χ3v) is 3.82. The van der Waals surface area contributed by atoms with Crippen molar-refractivity contribution in [2.75, 3.05) is 5.32 Å². The van der Waals surface area contributed by atoms with Crippen molar-refractivity contribution in [1.82, 2.24) is 9.36 Å². The summed E-state index contributed by atoms with van der Waals surface area (Å²) in [5.74, 6) is 0.123. The highest BCUT2D eigenvalue weighted by Crippen LogP contribution is 2.21. The van der Waals surface area contributed by atoms with Crippen LogP contribution in [-0.2, 0) is 0 Å². The summed E-state index contributed by atoms with van der Waals surface area (Å²) >= 11 is 3.01. The van der Waals surface area contributed by atoms with Gasteiger partial charge in [-0.25, -0.2) is 4.98 Å². The number of carbonyl (C=O) groups is 1. The molecule has 2 aromatic rings. The molecule has 1 aromatic heterocycles. The fourth-order valence-corrected chi connectivity index (χ4v) is 2.46. The molecule has 1 amide bonds. The van der Waals surface area contributed by atoms with Gasteiger partial charge >= 0.3 is 0 Å². The van der Waals surface area contributed by atoms with Crippen LogP contribution >= 0.6 is 34.1 Å². The molecule has 1 aromatic carbocycles. The highest BCUT2D eigenvalue weighted by molar-refractivity contribution is 14.1. The number of rotatable bonds is 3. The molecule has 0 saturated heterocycles. The summed E-state index contributed by atoms with van der Waals surface area (Å²) in [6.07, 6.45) is 0. The van der Waals surface area contributed by atoms with Crippen molar-refractivity contribution >= 4 is 50.8 Å². The lowest BCUT2D eigenvalue weighted by atomic mass is 10.2. The van der Waals surface area contributed by atoms with E-state index in [0.717, 1.165) is 11.5 Å². The molecule has 0 saturated carbocycles. The number of halogens is 1. The predicted molar refractivity (Wildman–Crippen MR) is 78.4 cm³/mol. The largest absolute Gasteiger partial charge is 0.297 e. The maximum absolute atomic E-state index is 12.0. The van der Waals surface area contributed by atoms with Gasteiger partial charge in [-0.05, 0) is 35.6 Å². The SMILES string of the molecule is Cc1nsc(NC(=O)c2cc([N+](=O)[O-])ccc2I)n1. The Labute approximate surface area is 125 Å². The van der Waals surface area contributed by atoms with Crippen LogP contribution in [-0.4, -0.2) is 20.2 Å². The number of hydrogen-bond acceptors (Lipinski definition) is 6. The number of anilines is 1. The summed E-state index contributed by atoms with van der Waals surface area (Å²) in [7, 11) is 0. The Kier molecular flexibility index (Phi) is 4.04. The van der Waals surface area contributed by atoms with Crippen molar-refractivity contribution in [2.24, 2.45) is 0 Å². The molecule has 7 nitrogen and oxygen atoms in total. The molecule has 0 aliphatic heterocycles. The molecule has 1 N–H and O–H groups in total. The molecule has 2 rings (SSSR count). The first-order valence-electron chi connectivity index (χ1n) is 5.03. The van der Waals surface area contributed by atoms with Crippen molar-refractivity contribution in [3.05, 3.63) is 43.3 Å². The molecule has 0 spiro atoms. The van der Waals surface area contributed by atoms with Gasteiger partial charge in [-0.1, -0.05) is 0 Å². The lowest BCUT2D eigenvalue weighted by molar-refractivity contribution is -0.384. The minimum Gasteiger partial charge on any atom is -0.297 e. The first kappa shape index (κ1) is 13.8. The highest BCUT2D eigenvalue weighted by atomic mass is 127. The van der Waals surface area contributed by atoms with Crippen LogP contribution < -0.4 is 5.32 Å². The second-order valence-electron chi connectivity index (χ2n) is 3.52. The van der Waals surface area contributed by atoms with E-state index in [2.05, 4.69) is 14.7 Å². The van der Waals surface area contributed by atoms with Crippen LogP contribution in [0.25, 0.3) is 0 Å². The van der Waals surface area contributed by atoms with E-state index in [-0.39, 0.29) is 11.3 Å². The number of nitrogens with zero attached hydrogens (tertiary/aromatic N) is 3. The minimum atomic E-state index is -0.540. The molecule has 0 aliphatic carbocycles. The van der Waals surface area contributed by atoms with Crippen molar-refractivity contribution < 1.29 is 9.72 Å². The molecular weight excluding hydrogens is 383 g/mol. The topological polar surface area (TPSA) is 98.0 Å². The van der Waals surface area contributed by atoms with Crippen LogP contribution in [0.5, 0.6) is 0 Å². The van der Waals surface area contributed by atoms with E-state index < -0.39 is 10.8 Å². The fourth-order valence-electron chi connectivity index (χ4n) is 1.31. The average molecular weight is 390 g/mol. The lowest BCUT2D eigenvalue weighted by Gasteiger charge is -2.03. The van der Waals surface area contributed by atoms with E-state index in [4.69, 9.17) is 0 Å². The van der Waals surface area contributed by atoms with E-state index in [1.807, 2.05) is 22.6 Å². The Balaban J connectivity index is 2.27. The monoisotopic (exact) mass is 390 g/mol. The minimum absolute atomic E-state index is 0.126. The second-order valence-corrected chi connectivity index (χ2v) is 5.44. The first-order chi connectivity index (χ1) is 8.97. The third-order valence-electron chi connectivity index (χ3n) is 2.15. The zero-order chi connectivity index (χ0) is 14.0. The fraction of sp³-hybridized carbons (Fsp3) is 0.100. The van der Waals surface area contributed by atoms with Crippen LogP contribution in [0.15, 0.2) is 18.2 Å². The number of nitrogens with one attached hydrogen (secondary N) is 1. The number of aromatic nitrogens is 2. The van der Waals surface area contributed by atoms with Crippen LogP contribution in [0.2, 0.25) is 0 Å². The standard InChI is InChI=1S/C10H7IN4O3S/c1-5-12-10(19-14-5)13-9(16)7-4-6(15(17)18)2-3-8(7)11/h2-4H,1H3,(H,12,13,14,16). The Hall–Kier alpha value is -1.62. The third kappa shape index (κ3) is 3.23. The number of aryl methyl sites for hydroxylation is 1. The molecule has 0 aliphatic rings. The van der Waals surface area contributed by atoms with Gasteiger partial charge in [-0.15, -0.1) is 0 Å². The van der Waals surface area contributed by atoms with E-state index in [1.165, 1.54) is 18.2 Å². The molecule has 98 valence electrons. The zero-order valence-corrected chi connectivity index (χ0v) is 12.6. The number of nitro groups is 1. The number of hydrogen-bond donors (Lipinski definition) is 1. The van der Waals surface area contributed by atoms with Crippen LogP contribution in [0.1, 0.15) is 16.2 Å².